The molecular weight excluding hydrogens is 260 g/mol. The number of piperidine rings is 1. The van der Waals surface area contributed by atoms with Gasteiger partial charge in [0.25, 0.3) is 5.91 Å². The normalized spacial score (nSPS) is 21.7. The molecule has 5 nitrogen and oxygen atoms in total. The van der Waals surface area contributed by atoms with E-state index in [1.54, 1.807) is 0 Å². The fourth-order valence-corrected chi connectivity index (χ4v) is 3.07. The Kier molecular flexibility index (Phi) is 4.54. The lowest BCUT2D eigenvalue weighted by Gasteiger charge is -2.35. The summed E-state index contributed by atoms with van der Waals surface area (Å²) in [7, 11) is 4.13. The van der Waals surface area contributed by atoms with Crippen LogP contribution in [0.25, 0.3) is 0 Å². The molecule has 1 aliphatic rings. The molecule has 2 atom stereocenters. The predicted octanol–water partition coefficient (Wildman–Crippen LogP) is 1.33. The van der Waals surface area contributed by atoms with Gasteiger partial charge in [0.15, 0.2) is 0 Å². The molecule has 1 fully saturated rings. The van der Waals surface area contributed by atoms with Crippen molar-refractivity contribution in [1.82, 2.24) is 14.8 Å². The first-order valence-electron chi connectivity index (χ1n) is 6.65. The second-order valence-electron chi connectivity index (χ2n) is 5.37. The standard InChI is InChI=1S/C13H22N4OS/c1-9(14)12-15-11(8-19-12)13(18)17-6-4-5-10(7-17)16(2)3/h8-10H,4-7,14H2,1-3H3. The van der Waals surface area contributed by atoms with Gasteiger partial charge in [-0.05, 0) is 33.9 Å². The smallest absolute Gasteiger partial charge is 0.273 e. The van der Waals surface area contributed by atoms with Gasteiger partial charge in [0, 0.05) is 24.5 Å². The Hall–Kier alpha value is -0.980. The van der Waals surface area contributed by atoms with Crippen LogP contribution in [0.15, 0.2) is 5.38 Å². The van der Waals surface area contributed by atoms with Crippen LogP contribution in [0.4, 0.5) is 0 Å². The molecule has 106 valence electrons. The number of hydrogen-bond donors (Lipinski definition) is 1. The number of nitrogens with zero attached hydrogens (tertiary/aromatic N) is 3. The summed E-state index contributed by atoms with van der Waals surface area (Å²) in [5.74, 6) is 0.0368. The van der Waals surface area contributed by atoms with Crippen LogP contribution in [-0.4, -0.2) is 53.9 Å². The van der Waals surface area contributed by atoms with Gasteiger partial charge in [-0.15, -0.1) is 11.3 Å². The summed E-state index contributed by atoms with van der Waals surface area (Å²) in [6.07, 6.45) is 2.21. The molecule has 2 unspecified atom stereocenters. The van der Waals surface area contributed by atoms with Gasteiger partial charge in [-0.1, -0.05) is 0 Å². The molecule has 1 aliphatic heterocycles. The third kappa shape index (κ3) is 3.32. The van der Waals surface area contributed by atoms with E-state index in [1.165, 1.54) is 11.3 Å². The lowest BCUT2D eigenvalue weighted by Crippen LogP contribution is -2.47. The highest BCUT2D eigenvalue weighted by Crippen LogP contribution is 2.20. The SMILES string of the molecule is CC(N)c1nc(C(=O)N2CCCC(N(C)C)C2)cs1. The van der Waals surface area contributed by atoms with Crippen molar-refractivity contribution >= 4 is 17.2 Å². The van der Waals surface area contributed by atoms with E-state index in [-0.39, 0.29) is 11.9 Å². The summed E-state index contributed by atoms with van der Waals surface area (Å²) in [4.78, 5) is 20.9. The molecular formula is C13H22N4OS. The highest BCUT2D eigenvalue weighted by molar-refractivity contribution is 7.09. The Bertz CT molecular complexity index is 444. The molecule has 1 aromatic rings. The summed E-state index contributed by atoms with van der Waals surface area (Å²) < 4.78 is 0. The number of hydrogen-bond acceptors (Lipinski definition) is 5. The van der Waals surface area contributed by atoms with Gasteiger partial charge in [-0.2, -0.15) is 0 Å². The van der Waals surface area contributed by atoms with Crippen LogP contribution in [0.2, 0.25) is 0 Å². The van der Waals surface area contributed by atoms with Gasteiger partial charge in [-0.3, -0.25) is 4.79 Å². The first kappa shape index (κ1) is 14.4. The number of thiazole rings is 1. The van der Waals surface area contributed by atoms with E-state index in [0.717, 1.165) is 30.9 Å². The van der Waals surface area contributed by atoms with Crippen molar-refractivity contribution in [3.05, 3.63) is 16.1 Å². The zero-order chi connectivity index (χ0) is 14.0. The molecule has 0 saturated carbocycles. The second kappa shape index (κ2) is 5.98. The maximum Gasteiger partial charge on any atom is 0.273 e. The summed E-state index contributed by atoms with van der Waals surface area (Å²) in [5, 5.41) is 2.64. The molecule has 1 amide bonds. The van der Waals surface area contributed by atoms with Crippen molar-refractivity contribution in [2.75, 3.05) is 27.2 Å². The highest BCUT2D eigenvalue weighted by atomic mass is 32.1. The molecule has 0 aromatic carbocycles. The maximum atomic E-state index is 12.4. The molecule has 0 bridgehead atoms. The van der Waals surface area contributed by atoms with Gasteiger partial charge in [0.05, 0.1) is 6.04 Å². The number of likely N-dealkylation sites (N-methyl/N-ethyl adjacent to an activating group) is 1. The molecule has 2 heterocycles. The minimum atomic E-state index is -0.109. The predicted molar refractivity (Wildman–Crippen MR) is 77.3 cm³/mol. The molecule has 2 N–H and O–H groups in total. The largest absolute Gasteiger partial charge is 0.336 e. The fourth-order valence-electron chi connectivity index (χ4n) is 2.32. The van der Waals surface area contributed by atoms with Crippen LogP contribution in [0.1, 0.15) is 41.3 Å². The Morgan fingerprint density at radius 3 is 2.95 bits per heavy atom. The Labute approximate surface area is 118 Å². The molecule has 2 rings (SSSR count). The molecule has 1 aromatic heterocycles. The summed E-state index contributed by atoms with van der Waals surface area (Å²) in [6, 6.07) is 0.340. The van der Waals surface area contributed by atoms with Crippen LogP contribution < -0.4 is 5.73 Å². The number of carbonyl (C=O) groups is 1. The first-order chi connectivity index (χ1) is 8.99. The molecule has 0 aliphatic carbocycles. The molecule has 1 saturated heterocycles. The average molecular weight is 282 g/mol. The van der Waals surface area contributed by atoms with E-state index in [1.807, 2.05) is 17.2 Å². The van der Waals surface area contributed by atoms with Crippen molar-refractivity contribution in [1.29, 1.82) is 0 Å². The number of aromatic nitrogens is 1. The molecule has 6 heteroatoms. The number of nitrogens with two attached hydrogens (primary N) is 1. The van der Waals surface area contributed by atoms with Gasteiger partial charge in [-0.25, -0.2) is 4.98 Å². The van der Waals surface area contributed by atoms with E-state index in [4.69, 9.17) is 5.73 Å². The quantitative estimate of drug-likeness (QED) is 0.908. The topological polar surface area (TPSA) is 62.5 Å². The van der Waals surface area contributed by atoms with E-state index >= 15 is 0 Å². The van der Waals surface area contributed by atoms with Crippen molar-refractivity contribution in [2.45, 2.75) is 31.8 Å². The summed E-state index contributed by atoms with van der Waals surface area (Å²) in [6.45, 7) is 3.50. The minimum absolute atomic E-state index is 0.0368. The van der Waals surface area contributed by atoms with Gasteiger partial charge < -0.3 is 15.5 Å². The second-order valence-corrected chi connectivity index (χ2v) is 6.26. The Morgan fingerprint density at radius 2 is 2.37 bits per heavy atom. The van der Waals surface area contributed by atoms with E-state index in [0.29, 0.717) is 11.7 Å². The Morgan fingerprint density at radius 1 is 1.63 bits per heavy atom. The van der Waals surface area contributed by atoms with E-state index in [2.05, 4.69) is 24.0 Å². The van der Waals surface area contributed by atoms with Crippen LogP contribution in [0.3, 0.4) is 0 Å². The summed E-state index contributed by atoms with van der Waals surface area (Å²) in [5.41, 5.74) is 6.32. The van der Waals surface area contributed by atoms with Gasteiger partial charge >= 0.3 is 0 Å². The third-order valence-electron chi connectivity index (χ3n) is 3.54. The first-order valence-corrected chi connectivity index (χ1v) is 7.53. The molecule has 19 heavy (non-hydrogen) atoms. The fraction of sp³-hybridized carbons (Fsp3) is 0.692. The van der Waals surface area contributed by atoms with Crippen molar-refractivity contribution < 1.29 is 4.79 Å². The Balaban J connectivity index is 2.06. The number of carbonyl (C=O) groups excluding carboxylic acids is 1. The summed E-state index contributed by atoms with van der Waals surface area (Å²) >= 11 is 1.46. The minimum Gasteiger partial charge on any atom is -0.336 e. The van der Waals surface area contributed by atoms with Crippen molar-refractivity contribution in [3.63, 3.8) is 0 Å². The number of likely N-dealkylation sites (tertiary alicyclic amines) is 1. The maximum absolute atomic E-state index is 12.4. The number of rotatable bonds is 3. The van der Waals surface area contributed by atoms with E-state index in [9.17, 15) is 4.79 Å². The van der Waals surface area contributed by atoms with Gasteiger partial charge in [0.1, 0.15) is 10.7 Å². The van der Waals surface area contributed by atoms with Crippen LogP contribution in [-0.2, 0) is 0 Å². The number of amides is 1. The van der Waals surface area contributed by atoms with E-state index < -0.39 is 0 Å². The highest BCUT2D eigenvalue weighted by Gasteiger charge is 2.26. The van der Waals surface area contributed by atoms with Crippen molar-refractivity contribution in [2.24, 2.45) is 5.73 Å². The van der Waals surface area contributed by atoms with Crippen LogP contribution in [0.5, 0.6) is 0 Å². The zero-order valence-electron chi connectivity index (χ0n) is 11.8. The van der Waals surface area contributed by atoms with Gasteiger partial charge in [0.2, 0.25) is 0 Å². The van der Waals surface area contributed by atoms with Crippen LogP contribution >= 0.6 is 11.3 Å². The average Bonchev–Trinajstić information content (AvgIpc) is 2.87. The third-order valence-corrected chi connectivity index (χ3v) is 4.59. The monoisotopic (exact) mass is 282 g/mol. The van der Waals surface area contributed by atoms with Crippen LogP contribution in [0, 0.1) is 0 Å². The lowest BCUT2D eigenvalue weighted by atomic mass is 10.0. The molecule has 0 radical (unpaired) electrons. The lowest BCUT2D eigenvalue weighted by molar-refractivity contribution is 0.0630. The zero-order valence-corrected chi connectivity index (χ0v) is 12.6. The van der Waals surface area contributed by atoms with Crippen molar-refractivity contribution in [3.8, 4) is 0 Å². The molecule has 0 spiro atoms.